The maximum Gasteiger partial charge on any atom is 0.416 e. The molecule has 50 heavy (non-hydrogen) atoms. The van der Waals surface area contributed by atoms with Crippen LogP contribution in [0.4, 0.5) is 17.6 Å². The minimum Gasteiger partial charge on any atom is -0.400 e. The molecule has 2 aromatic carbocycles. The van der Waals surface area contributed by atoms with Gasteiger partial charge in [-0.05, 0) is 112 Å². The second-order valence-electron chi connectivity index (χ2n) is 12.3. The van der Waals surface area contributed by atoms with Gasteiger partial charge >= 0.3 is 6.18 Å². The number of aryl methyl sites for hydroxylation is 3. The molecule has 1 heterocycles. The number of rotatable bonds is 11. The van der Waals surface area contributed by atoms with E-state index in [0.29, 0.717) is 59.0 Å². The van der Waals surface area contributed by atoms with E-state index in [1.807, 2.05) is 19.0 Å². The quantitative estimate of drug-likeness (QED) is 0.168. The van der Waals surface area contributed by atoms with Crippen molar-refractivity contribution in [2.75, 3.05) is 41.3 Å². The SMILES string of the molecule is CC(C)C.CN(C)CCn1cccc(C(=O)NCC=O)c1=O.CNC(CC=O)c1cc(-c2c(C)cc(C(F)(F)F)cc2C)cc(C)c1F.CO. The first-order chi connectivity index (χ1) is 23.4. The average molecular weight is 709 g/mol. The Bertz CT molecular complexity index is 1560. The molecule has 3 rings (SSSR count). The van der Waals surface area contributed by atoms with Gasteiger partial charge in [0.15, 0.2) is 0 Å². The van der Waals surface area contributed by atoms with Crippen LogP contribution in [0.15, 0.2) is 47.4 Å². The van der Waals surface area contributed by atoms with Gasteiger partial charge in [0.25, 0.3) is 11.5 Å². The number of carbonyl (C=O) groups is 3. The van der Waals surface area contributed by atoms with Crippen molar-refractivity contribution >= 4 is 18.5 Å². The van der Waals surface area contributed by atoms with Crippen molar-refractivity contribution in [1.29, 1.82) is 0 Å². The number of aromatic nitrogens is 1. The summed E-state index contributed by atoms with van der Waals surface area (Å²) in [5.41, 5.74) is 1.91. The molecule has 1 atom stereocenters. The van der Waals surface area contributed by atoms with Gasteiger partial charge < -0.3 is 34.8 Å². The molecule has 3 N–H and O–H groups in total. The topological polar surface area (TPSA) is 121 Å². The summed E-state index contributed by atoms with van der Waals surface area (Å²) in [6.07, 6.45) is -1.40. The number of likely N-dealkylation sites (N-methyl/N-ethyl adjacent to an activating group) is 1. The van der Waals surface area contributed by atoms with E-state index in [9.17, 15) is 36.7 Å². The summed E-state index contributed by atoms with van der Waals surface area (Å²) < 4.78 is 55.1. The third-order valence-corrected chi connectivity index (χ3v) is 6.89. The summed E-state index contributed by atoms with van der Waals surface area (Å²) in [4.78, 5) is 46.6. The highest BCUT2D eigenvalue weighted by molar-refractivity contribution is 5.94. The van der Waals surface area contributed by atoms with Crippen LogP contribution < -0.4 is 16.2 Å². The van der Waals surface area contributed by atoms with Gasteiger partial charge in [-0.2, -0.15) is 13.2 Å². The predicted molar refractivity (Wildman–Crippen MR) is 190 cm³/mol. The lowest BCUT2D eigenvalue weighted by Gasteiger charge is -2.20. The average Bonchev–Trinajstić information content (AvgIpc) is 3.03. The van der Waals surface area contributed by atoms with Gasteiger partial charge in [0, 0.05) is 44.4 Å². The first kappa shape index (κ1) is 45.8. The molecule has 0 aliphatic rings. The number of benzene rings is 2. The highest BCUT2D eigenvalue weighted by Gasteiger charge is 2.31. The summed E-state index contributed by atoms with van der Waals surface area (Å²) in [6.45, 7) is 12.4. The number of amides is 1. The maximum atomic E-state index is 14.6. The molecule has 1 unspecified atom stereocenters. The molecule has 13 heteroatoms. The first-order valence-corrected chi connectivity index (χ1v) is 16.0. The summed E-state index contributed by atoms with van der Waals surface area (Å²) in [7, 11) is 6.45. The van der Waals surface area contributed by atoms with Crippen molar-refractivity contribution in [3.05, 3.63) is 92.1 Å². The number of hydrogen-bond acceptors (Lipinski definition) is 7. The number of alkyl halides is 3. The van der Waals surface area contributed by atoms with Gasteiger partial charge in [-0.25, -0.2) is 4.39 Å². The molecular formula is C37H52F4N4O5. The van der Waals surface area contributed by atoms with Gasteiger partial charge in [-0.3, -0.25) is 9.59 Å². The molecule has 0 saturated heterocycles. The lowest BCUT2D eigenvalue weighted by Crippen LogP contribution is -2.34. The molecule has 0 aliphatic carbocycles. The zero-order chi connectivity index (χ0) is 38.8. The Kier molecular flexibility index (Phi) is 20.6. The maximum absolute atomic E-state index is 14.6. The fourth-order valence-electron chi connectivity index (χ4n) is 4.70. The van der Waals surface area contributed by atoms with E-state index in [4.69, 9.17) is 5.11 Å². The van der Waals surface area contributed by atoms with Crippen LogP contribution in [0.2, 0.25) is 0 Å². The highest BCUT2D eigenvalue weighted by Crippen LogP contribution is 2.37. The molecule has 9 nitrogen and oxygen atoms in total. The Balaban J connectivity index is 0.000000869. The van der Waals surface area contributed by atoms with Gasteiger partial charge in [0.2, 0.25) is 0 Å². The summed E-state index contributed by atoms with van der Waals surface area (Å²) in [6, 6.07) is 8.02. The molecule has 0 spiro atoms. The normalized spacial score (nSPS) is 11.3. The molecular weight excluding hydrogens is 656 g/mol. The van der Waals surface area contributed by atoms with E-state index in [1.54, 1.807) is 52.2 Å². The molecule has 0 fully saturated rings. The summed E-state index contributed by atoms with van der Waals surface area (Å²) >= 11 is 0. The van der Waals surface area contributed by atoms with E-state index in [1.165, 1.54) is 10.6 Å². The predicted octanol–water partition coefficient (Wildman–Crippen LogP) is 5.90. The molecule has 278 valence electrons. The number of aldehydes is 2. The van der Waals surface area contributed by atoms with E-state index < -0.39 is 29.5 Å². The molecule has 1 aromatic heterocycles. The van der Waals surface area contributed by atoms with Crippen LogP contribution >= 0.6 is 0 Å². The van der Waals surface area contributed by atoms with Gasteiger partial charge in [-0.15, -0.1) is 0 Å². The van der Waals surface area contributed by atoms with Crippen LogP contribution in [0.5, 0.6) is 0 Å². The van der Waals surface area contributed by atoms with Crippen molar-refractivity contribution in [3.63, 3.8) is 0 Å². The Labute approximate surface area is 292 Å². The number of nitrogens with zero attached hydrogens (tertiary/aromatic N) is 2. The van der Waals surface area contributed by atoms with Crippen molar-refractivity contribution in [1.82, 2.24) is 20.1 Å². The van der Waals surface area contributed by atoms with Gasteiger partial charge in [-0.1, -0.05) is 20.8 Å². The standard InChI is InChI=1S/C20H21F4NO.C12H17N3O3.C4H10.CH4O/c1-11-8-15(20(22,23)24)9-12(2)18(11)14-7-13(3)19(21)16(10-14)17(25-4)5-6-26;1-14(2)7-8-15-6-3-4-10(12(15)18)11(17)13-5-9-16;1-4(2)3;1-2/h6-10,17,25H,5H2,1-4H3;3-4,6,9H,5,7-8H2,1-2H3,(H,13,17);4H,1-3H3;2H,1H3. The smallest absolute Gasteiger partial charge is 0.400 e. The number of hydrogen-bond donors (Lipinski definition) is 3. The van der Waals surface area contributed by atoms with Crippen molar-refractivity contribution in [2.45, 2.75) is 66.7 Å². The Morgan fingerprint density at radius 2 is 1.54 bits per heavy atom. The second kappa shape index (κ2) is 22.5. The van der Waals surface area contributed by atoms with E-state index >= 15 is 0 Å². The third kappa shape index (κ3) is 14.7. The van der Waals surface area contributed by atoms with Crippen LogP contribution in [-0.4, -0.2) is 74.4 Å². The number of nitrogens with one attached hydrogen (secondary N) is 2. The monoisotopic (exact) mass is 708 g/mol. The molecule has 0 aliphatic heterocycles. The van der Waals surface area contributed by atoms with Crippen molar-refractivity contribution in [3.8, 4) is 11.1 Å². The zero-order valence-corrected chi connectivity index (χ0v) is 30.7. The Morgan fingerprint density at radius 1 is 0.980 bits per heavy atom. The van der Waals surface area contributed by atoms with Crippen LogP contribution in [-0.2, 0) is 22.3 Å². The van der Waals surface area contributed by atoms with Crippen molar-refractivity contribution < 1.29 is 37.1 Å². The Hall–Kier alpha value is -4.20. The van der Waals surface area contributed by atoms with Crippen molar-refractivity contribution in [2.24, 2.45) is 5.92 Å². The number of halogens is 4. The van der Waals surface area contributed by atoms with E-state index in [0.717, 1.165) is 25.2 Å². The number of carbonyl (C=O) groups excluding carboxylic acids is 3. The molecule has 3 aromatic rings. The van der Waals surface area contributed by atoms with Crippen LogP contribution in [0.25, 0.3) is 11.1 Å². The first-order valence-electron chi connectivity index (χ1n) is 16.0. The fraction of sp³-hybridized carbons (Fsp3) is 0.459. The number of pyridine rings is 1. The van der Waals surface area contributed by atoms with Crippen LogP contribution in [0.3, 0.4) is 0 Å². The molecule has 0 bridgehead atoms. The zero-order valence-electron chi connectivity index (χ0n) is 30.7. The molecule has 0 radical (unpaired) electrons. The number of aliphatic hydroxyl groups excluding tert-OH is 1. The van der Waals surface area contributed by atoms with Crippen LogP contribution in [0, 0.1) is 32.5 Å². The van der Waals surface area contributed by atoms with E-state index in [2.05, 4.69) is 31.4 Å². The largest absolute Gasteiger partial charge is 0.416 e. The Morgan fingerprint density at radius 3 is 2.00 bits per heavy atom. The lowest BCUT2D eigenvalue weighted by atomic mass is 9.89. The van der Waals surface area contributed by atoms with Gasteiger partial charge in [0.05, 0.1) is 12.1 Å². The lowest BCUT2D eigenvalue weighted by molar-refractivity contribution is -0.137. The summed E-state index contributed by atoms with van der Waals surface area (Å²) in [5, 5.41) is 12.3. The summed E-state index contributed by atoms with van der Waals surface area (Å²) in [5.74, 6) is -0.108. The molecule has 1 amide bonds. The highest BCUT2D eigenvalue weighted by atomic mass is 19.4. The third-order valence-electron chi connectivity index (χ3n) is 6.89. The minimum absolute atomic E-state index is 0.0538. The van der Waals surface area contributed by atoms with Crippen LogP contribution in [0.1, 0.15) is 71.4 Å². The number of aliphatic hydroxyl groups is 1. The second-order valence-corrected chi connectivity index (χ2v) is 12.3. The van der Waals surface area contributed by atoms with E-state index in [-0.39, 0.29) is 24.1 Å². The molecule has 0 saturated carbocycles. The van der Waals surface area contributed by atoms with Gasteiger partial charge in [0.1, 0.15) is 24.0 Å². The minimum atomic E-state index is -4.42. The fourth-order valence-corrected chi connectivity index (χ4v) is 4.70.